The molecule has 0 radical (unpaired) electrons. The fraction of sp³-hybridized carbons (Fsp3) is 0.217. The summed E-state index contributed by atoms with van der Waals surface area (Å²) >= 11 is 0. The molecule has 32 heavy (non-hydrogen) atoms. The summed E-state index contributed by atoms with van der Waals surface area (Å²) in [5.41, 5.74) is 5.48. The van der Waals surface area contributed by atoms with Crippen molar-refractivity contribution in [2.24, 2.45) is 0 Å². The number of H-pyrrole nitrogens is 1. The lowest BCUT2D eigenvalue weighted by Crippen LogP contribution is -2.36. The van der Waals surface area contributed by atoms with E-state index in [2.05, 4.69) is 56.6 Å². The van der Waals surface area contributed by atoms with Crippen LogP contribution >= 0.6 is 0 Å². The van der Waals surface area contributed by atoms with Crippen molar-refractivity contribution in [2.45, 2.75) is 13.0 Å². The van der Waals surface area contributed by atoms with E-state index in [1.54, 1.807) is 0 Å². The lowest BCUT2D eigenvalue weighted by molar-refractivity contribution is 0.0950. The molecule has 3 heterocycles. The highest BCUT2D eigenvalue weighted by Crippen LogP contribution is 2.29. The number of nitrogens with zero attached hydrogens (tertiary/aromatic N) is 3. The molecular formula is C23H23N5O3S. The van der Waals surface area contributed by atoms with Crippen molar-refractivity contribution in [3.8, 4) is 11.1 Å². The molecule has 9 heteroatoms. The normalized spacial score (nSPS) is 13.8. The number of hydrogen-bond donors (Lipinski definition) is 2. The Balaban J connectivity index is 1.31. The third kappa shape index (κ3) is 3.99. The molecule has 2 N–H and O–H groups in total. The standard InChI is InChI=1S/C23H23N5O3S/c1-32(30,31)28-11-8-18(15-28)23(29)24-14-22-25-20-7-6-17(13-21(20)26-22)16-4-2-5-19(12-16)27-9-3-10-27/h2,4-8,11-13,15H,3,9-10,14H2,1H3,(H,24,29)(H,25,26). The number of hydrogen-bond acceptors (Lipinski definition) is 5. The van der Waals surface area contributed by atoms with Gasteiger partial charge in [0.2, 0.25) is 10.0 Å². The van der Waals surface area contributed by atoms with Crippen LogP contribution in [0, 0.1) is 0 Å². The van der Waals surface area contributed by atoms with E-state index in [1.165, 1.54) is 30.6 Å². The van der Waals surface area contributed by atoms with E-state index < -0.39 is 10.0 Å². The van der Waals surface area contributed by atoms with E-state index in [0.717, 1.165) is 45.5 Å². The minimum absolute atomic E-state index is 0.206. The number of amides is 1. The Morgan fingerprint density at radius 1 is 1.12 bits per heavy atom. The van der Waals surface area contributed by atoms with Gasteiger partial charge in [-0.25, -0.2) is 13.4 Å². The molecule has 1 amide bonds. The van der Waals surface area contributed by atoms with Crippen molar-refractivity contribution in [3.05, 3.63) is 72.3 Å². The molecule has 2 aromatic heterocycles. The van der Waals surface area contributed by atoms with Gasteiger partial charge in [0, 0.05) is 31.2 Å². The molecule has 1 aliphatic rings. The highest BCUT2D eigenvalue weighted by molar-refractivity contribution is 7.89. The molecule has 1 aliphatic heterocycles. The second kappa shape index (κ2) is 7.83. The number of anilines is 1. The summed E-state index contributed by atoms with van der Waals surface area (Å²) in [6.45, 7) is 2.42. The number of carbonyl (C=O) groups is 1. The first-order valence-electron chi connectivity index (χ1n) is 10.4. The average molecular weight is 450 g/mol. The van der Waals surface area contributed by atoms with Crippen LogP contribution in [0.2, 0.25) is 0 Å². The second-order valence-electron chi connectivity index (χ2n) is 7.98. The molecule has 8 nitrogen and oxygen atoms in total. The van der Waals surface area contributed by atoms with Gasteiger partial charge in [-0.3, -0.25) is 8.77 Å². The van der Waals surface area contributed by atoms with Crippen molar-refractivity contribution in [3.63, 3.8) is 0 Å². The van der Waals surface area contributed by atoms with Gasteiger partial charge in [-0.05, 0) is 47.9 Å². The third-order valence-electron chi connectivity index (χ3n) is 5.66. The number of fused-ring (bicyclic) bond motifs is 1. The smallest absolute Gasteiger partial charge is 0.253 e. The van der Waals surface area contributed by atoms with Gasteiger partial charge in [-0.1, -0.05) is 18.2 Å². The molecule has 1 fully saturated rings. The van der Waals surface area contributed by atoms with Gasteiger partial charge in [0.25, 0.3) is 5.91 Å². The van der Waals surface area contributed by atoms with Crippen molar-refractivity contribution < 1.29 is 13.2 Å². The Morgan fingerprint density at radius 3 is 2.66 bits per heavy atom. The Bertz CT molecular complexity index is 1420. The van der Waals surface area contributed by atoms with E-state index in [4.69, 9.17) is 0 Å². The third-order valence-corrected chi connectivity index (χ3v) is 6.65. The Hall–Kier alpha value is -3.59. The van der Waals surface area contributed by atoms with Crippen molar-refractivity contribution in [1.82, 2.24) is 19.3 Å². The van der Waals surface area contributed by atoms with Crippen molar-refractivity contribution >= 4 is 32.7 Å². The highest BCUT2D eigenvalue weighted by atomic mass is 32.2. The van der Waals surface area contributed by atoms with Crippen LogP contribution in [0.3, 0.4) is 0 Å². The van der Waals surface area contributed by atoms with Gasteiger partial charge in [0.05, 0.1) is 29.4 Å². The van der Waals surface area contributed by atoms with E-state index in [0.29, 0.717) is 5.82 Å². The van der Waals surface area contributed by atoms with Crippen molar-refractivity contribution in [1.29, 1.82) is 0 Å². The fourth-order valence-corrected chi connectivity index (χ4v) is 4.35. The van der Waals surface area contributed by atoms with Gasteiger partial charge >= 0.3 is 0 Å². The number of rotatable bonds is 6. The summed E-state index contributed by atoms with van der Waals surface area (Å²) in [6, 6.07) is 16.1. The first kappa shape index (κ1) is 20.3. The summed E-state index contributed by atoms with van der Waals surface area (Å²) in [4.78, 5) is 22.5. The molecule has 0 atom stereocenters. The first-order valence-corrected chi connectivity index (χ1v) is 12.2. The van der Waals surface area contributed by atoms with Crippen LogP contribution in [-0.4, -0.2) is 47.6 Å². The molecule has 4 aromatic rings. The summed E-state index contributed by atoms with van der Waals surface area (Å²) in [5, 5.41) is 2.77. The number of benzene rings is 2. The van der Waals surface area contributed by atoms with E-state index in [1.807, 2.05) is 6.07 Å². The monoisotopic (exact) mass is 449 g/mol. The molecule has 1 saturated heterocycles. The van der Waals surface area contributed by atoms with Crippen LogP contribution < -0.4 is 10.2 Å². The largest absolute Gasteiger partial charge is 0.371 e. The maximum atomic E-state index is 12.4. The Morgan fingerprint density at radius 2 is 1.94 bits per heavy atom. The SMILES string of the molecule is CS(=O)(=O)n1ccc(C(=O)NCc2nc3ccc(-c4cccc(N5CCC5)c4)cc3[nH]2)c1. The number of imidazole rings is 1. The molecule has 5 rings (SSSR count). The Kier molecular flexibility index (Phi) is 4.97. The van der Waals surface area contributed by atoms with Crippen LogP contribution in [0.5, 0.6) is 0 Å². The maximum Gasteiger partial charge on any atom is 0.253 e. The molecule has 0 bridgehead atoms. The lowest BCUT2D eigenvalue weighted by Gasteiger charge is -2.33. The van der Waals surface area contributed by atoms with E-state index in [9.17, 15) is 13.2 Å². The number of carbonyl (C=O) groups excluding carboxylic acids is 1. The fourth-order valence-electron chi connectivity index (χ4n) is 3.77. The zero-order valence-corrected chi connectivity index (χ0v) is 18.4. The van der Waals surface area contributed by atoms with Gasteiger partial charge in [0.15, 0.2) is 0 Å². The predicted octanol–water partition coefficient (Wildman–Crippen LogP) is 2.98. The number of nitrogens with one attached hydrogen (secondary N) is 2. The maximum absolute atomic E-state index is 12.4. The molecule has 0 unspecified atom stereocenters. The van der Waals surface area contributed by atoms with E-state index in [-0.39, 0.29) is 18.0 Å². The van der Waals surface area contributed by atoms with E-state index >= 15 is 0 Å². The van der Waals surface area contributed by atoms with Gasteiger partial charge in [-0.2, -0.15) is 0 Å². The van der Waals surface area contributed by atoms with Crippen LogP contribution in [-0.2, 0) is 16.6 Å². The minimum Gasteiger partial charge on any atom is -0.371 e. The zero-order chi connectivity index (χ0) is 22.3. The summed E-state index contributed by atoms with van der Waals surface area (Å²) in [5.74, 6) is 0.263. The quantitative estimate of drug-likeness (QED) is 0.471. The molecule has 2 aromatic carbocycles. The first-order chi connectivity index (χ1) is 15.4. The molecule has 0 aliphatic carbocycles. The number of aromatic nitrogens is 3. The van der Waals surface area contributed by atoms with Crippen LogP contribution in [0.4, 0.5) is 5.69 Å². The average Bonchev–Trinajstić information content (AvgIpc) is 3.37. The zero-order valence-electron chi connectivity index (χ0n) is 17.6. The summed E-state index contributed by atoms with van der Waals surface area (Å²) in [7, 11) is -3.42. The van der Waals surface area contributed by atoms with Crippen molar-refractivity contribution in [2.75, 3.05) is 24.2 Å². The number of aromatic amines is 1. The molecular weight excluding hydrogens is 426 g/mol. The van der Waals surface area contributed by atoms with Crippen LogP contribution in [0.15, 0.2) is 60.9 Å². The Labute approximate surface area is 185 Å². The minimum atomic E-state index is -3.42. The van der Waals surface area contributed by atoms with Crippen LogP contribution in [0.1, 0.15) is 22.6 Å². The second-order valence-corrected chi connectivity index (χ2v) is 9.87. The summed E-state index contributed by atoms with van der Waals surface area (Å²) in [6.07, 6.45) is 4.97. The topological polar surface area (TPSA) is 100 Å². The van der Waals surface area contributed by atoms with Gasteiger partial charge in [0.1, 0.15) is 5.82 Å². The molecule has 164 valence electrons. The summed E-state index contributed by atoms with van der Waals surface area (Å²) < 4.78 is 24.1. The predicted molar refractivity (Wildman–Crippen MR) is 124 cm³/mol. The molecule has 0 saturated carbocycles. The highest BCUT2D eigenvalue weighted by Gasteiger charge is 2.15. The van der Waals surface area contributed by atoms with Gasteiger partial charge in [-0.15, -0.1) is 0 Å². The van der Waals surface area contributed by atoms with Crippen LogP contribution in [0.25, 0.3) is 22.2 Å². The molecule has 0 spiro atoms. The lowest BCUT2D eigenvalue weighted by atomic mass is 10.0. The van der Waals surface area contributed by atoms with Gasteiger partial charge < -0.3 is 15.2 Å².